The van der Waals surface area contributed by atoms with E-state index in [1.54, 1.807) is 6.92 Å². The summed E-state index contributed by atoms with van der Waals surface area (Å²) in [6.07, 6.45) is -1.46. The Hall–Kier alpha value is -1.61. The molecule has 27 heavy (non-hydrogen) atoms. The molecule has 2 fully saturated rings. The lowest BCUT2D eigenvalue weighted by atomic mass is 9.84. The van der Waals surface area contributed by atoms with Crippen LogP contribution in [0.1, 0.15) is 54.4 Å². The van der Waals surface area contributed by atoms with E-state index >= 15 is 0 Å². The maximum absolute atomic E-state index is 13.2. The van der Waals surface area contributed by atoms with Gasteiger partial charge in [-0.1, -0.05) is 18.9 Å². The number of amides is 1. The van der Waals surface area contributed by atoms with Crippen molar-refractivity contribution in [2.24, 2.45) is 5.92 Å². The fraction of sp³-hybridized carbons (Fsp3) is 0.611. The summed E-state index contributed by atoms with van der Waals surface area (Å²) in [7, 11) is -3.75. The molecule has 2 aliphatic carbocycles. The number of hydrogen-bond donors (Lipinski definition) is 2. The number of carbonyl (C=O) groups is 1. The molecule has 0 saturated heterocycles. The first-order valence-corrected chi connectivity index (χ1v) is 10.6. The highest BCUT2D eigenvalue weighted by molar-refractivity contribution is 7.89. The fourth-order valence-corrected chi connectivity index (χ4v) is 4.77. The van der Waals surface area contributed by atoms with Crippen molar-refractivity contribution < 1.29 is 26.4 Å². The summed E-state index contributed by atoms with van der Waals surface area (Å²) in [6, 6.07) is 3.06. The molecule has 2 atom stereocenters. The van der Waals surface area contributed by atoms with E-state index in [1.807, 2.05) is 0 Å². The predicted octanol–water partition coefficient (Wildman–Crippen LogP) is 3.29. The van der Waals surface area contributed by atoms with Gasteiger partial charge in [-0.3, -0.25) is 4.79 Å². The predicted molar refractivity (Wildman–Crippen MR) is 93.8 cm³/mol. The van der Waals surface area contributed by atoms with Crippen LogP contribution >= 0.6 is 0 Å². The molecule has 1 amide bonds. The Balaban J connectivity index is 1.80. The average Bonchev–Trinajstić information content (AvgIpc) is 3.37. The second kappa shape index (κ2) is 7.43. The van der Waals surface area contributed by atoms with Crippen molar-refractivity contribution in [3.63, 3.8) is 0 Å². The number of carbonyl (C=O) groups excluding carboxylic acids is 1. The van der Waals surface area contributed by atoms with Gasteiger partial charge >= 0.3 is 6.18 Å². The van der Waals surface area contributed by atoms with Crippen molar-refractivity contribution >= 4 is 15.9 Å². The molecule has 2 aliphatic rings. The van der Waals surface area contributed by atoms with Crippen molar-refractivity contribution in [3.05, 3.63) is 29.3 Å². The third kappa shape index (κ3) is 4.82. The van der Waals surface area contributed by atoms with Gasteiger partial charge in [0.05, 0.1) is 10.8 Å². The molecule has 150 valence electrons. The number of benzene rings is 1. The summed E-state index contributed by atoms with van der Waals surface area (Å²) in [5, 5.41) is 2.49. The highest BCUT2D eigenvalue weighted by Crippen LogP contribution is 2.38. The quantitative estimate of drug-likeness (QED) is 0.791. The van der Waals surface area contributed by atoms with Gasteiger partial charge in [0.25, 0.3) is 5.91 Å². The number of nitrogens with one attached hydrogen (secondary N) is 2. The van der Waals surface area contributed by atoms with Crippen LogP contribution < -0.4 is 10.0 Å². The first-order chi connectivity index (χ1) is 12.6. The van der Waals surface area contributed by atoms with Crippen LogP contribution in [0.3, 0.4) is 0 Å². The van der Waals surface area contributed by atoms with Crippen molar-refractivity contribution in [2.75, 3.05) is 0 Å². The summed E-state index contributed by atoms with van der Waals surface area (Å²) < 4.78 is 66.9. The van der Waals surface area contributed by atoms with Crippen molar-refractivity contribution in [2.45, 2.75) is 68.6 Å². The smallest absolute Gasteiger partial charge is 0.349 e. The highest BCUT2D eigenvalue weighted by atomic mass is 32.2. The Bertz CT molecular complexity index is 820. The molecule has 0 aliphatic heterocycles. The summed E-state index contributed by atoms with van der Waals surface area (Å²) >= 11 is 0. The average molecular weight is 404 g/mol. The molecule has 2 N–H and O–H groups in total. The maximum atomic E-state index is 13.2. The summed E-state index contributed by atoms with van der Waals surface area (Å²) in [4.78, 5) is 12.6. The molecule has 5 nitrogen and oxygen atoms in total. The minimum atomic E-state index is -4.37. The molecule has 2 unspecified atom stereocenters. The summed E-state index contributed by atoms with van der Waals surface area (Å²) in [5.41, 5.74) is 0.595. The Morgan fingerprint density at radius 3 is 2.41 bits per heavy atom. The number of sulfonamides is 1. The molecule has 0 heterocycles. The molecule has 9 heteroatoms. The van der Waals surface area contributed by atoms with Crippen LogP contribution in [-0.4, -0.2) is 32.6 Å². The Labute approximate surface area is 156 Å². The molecule has 0 bridgehead atoms. The largest absolute Gasteiger partial charge is 0.393 e. The van der Waals surface area contributed by atoms with Gasteiger partial charge in [0.1, 0.15) is 0 Å². The van der Waals surface area contributed by atoms with Gasteiger partial charge in [-0.15, -0.1) is 0 Å². The van der Waals surface area contributed by atoms with Crippen LogP contribution in [0.15, 0.2) is 23.1 Å². The fourth-order valence-electron chi connectivity index (χ4n) is 3.44. The van der Waals surface area contributed by atoms with Crippen molar-refractivity contribution in [1.29, 1.82) is 0 Å². The van der Waals surface area contributed by atoms with Crippen molar-refractivity contribution in [1.82, 2.24) is 10.0 Å². The van der Waals surface area contributed by atoms with Crippen molar-refractivity contribution in [3.8, 4) is 0 Å². The van der Waals surface area contributed by atoms with Gasteiger partial charge in [-0.05, 0) is 50.3 Å². The lowest BCUT2D eigenvalue weighted by molar-refractivity contribution is -0.187. The topological polar surface area (TPSA) is 75.3 Å². The molecule has 0 spiro atoms. The zero-order valence-corrected chi connectivity index (χ0v) is 15.8. The first-order valence-electron chi connectivity index (χ1n) is 9.08. The van der Waals surface area contributed by atoms with Gasteiger partial charge < -0.3 is 5.32 Å². The van der Waals surface area contributed by atoms with Gasteiger partial charge in [0.2, 0.25) is 10.0 Å². The van der Waals surface area contributed by atoms with Crippen LogP contribution in [0.2, 0.25) is 0 Å². The van der Waals surface area contributed by atoms with E-state index in [9.17, 15) is 26.4 Å². The minimum Gasteiger partial charge on any atom is -0.349 e. The number of halogens is 3. The van der Waals surface area contributed by atoms with Crippen LogP contribution in [0.25, 0.3) is 0 Å². The molecular formula is C18H23F3N2O3S. The molecule has 1 aromatic rings. The number of hydrogen-bond acceptors (Lipinski definition) is 3. The lowest BCUT2D eigenvalue weighted by Crippen LogP contribution is -2.47. The van der Waals surface area contributed by atoms with Gasteiger partial charge in [-0.2, -0.15) is 13.2 Å². The summed E-state index contributed by atoms with van der Waals surface area (Å²) in [5.74, 6) is -2.24. The molecule has 0 aromatic heterocycles. The van der Waals surface area contributed by atoms with E-state index in [1.165, 1.54) is 18.2 Å². The monoisotopic (exact) mass is 404 g/mol. The zero-order chi connectivity index (χ0) is 19.8. The van der Waals surface area contributed by atoms with Crippen LogP contribution in [0.4, 0.5) is 13.2 Å². The second-order valence-electron chi connectivity index (χ2n) is 7.38. The number of rotatable bonds is 5. The maximum Gasteiger partial charge on any atom is 0.393 e. The highest BCUT2D eigenvalue weighted by Gasteiger charge is 2.46. The van der Waals surface area contributed by atoms with E-state index < -0.39 is 34.1 Å². The van der Waals surface area contributed by atoms with Gasteiger partial charge in [0, 0.05) is 17.6 Å². The molecule has 2 saturated carbocycles. The Morgan fingerprint density at radius 2 is 1.78 bits per heavy atom. The second-order valence-corrected chi connectivity index (χ2v) is 9.10. The van der Waals surface area contributed by atoms with Crippen LogP contribution in [0.5, 0.6) is 0 Å². The standard InChI is InChI=1S/C18H23F3N2O3S/c1-11-6-9-13(27(25,26)23-12-7-8-12)10-14(11)17(24)22-16-5-3-2-4-15(16)18(19,20)21/h6,9-10,12,15-16,23H,2-5,7-8H2,1H3,(H,22,24). The third-order valence-electron chi connectivity index (χ3n) is 5.17. The molecular weight excluding hydrogens is 381 g/mol. The lowest BCUT2D eigenvalue weighted by Gasteiger charge is -2.33. The Morgan fingerprint density at radius 1 is 1.11 bits per heavy atom. The molecule has 3 rings (SSSR count). The molecule has 0 radical (unpaired) electrons. The van der Waals surface area contributed by atoms with Gasteiger partial charge in [0.15, 0.2) is 0 Å². The van der Waals surface area contributed by atoms with E-state index in [-0.39, 0.29) is 29.3 Å². The Kier molecular flexibility index (Phi) is 5.54. The number of alkyl halides is 3. The van der Waals surface area contributed by atoms with E-state index in [0.29, 0.717) is 18.4 Å². The van der Waals surface area contributed by atoms with Gasteiger partial charge in [-0.25, -0.2) is 13.1 Å². The normalized spacial score (nSPS) is 23.9. The summed E-state index contributed by atoms with van der Waals surface area (Å²) in [6.45, 7) is 1.63. The molecule has 1 aromatic carbocycles. The third-order valence-corrected chi connectivity index (χ3v) is 6.68. The van der Waals surface area contributed by atoms with E-state index in [4.69, 9.17) is 0 Å². The van der Waals surface area contributed by atoms with Crippen LogP contribution in [0, 0.1) is 12.8 Å². The van der Waals surface area contributed by atoms with E-state index in [2.05, 4.69) is 10.0 Å². The first kappa shape index (κ1) is 20.1. The SMILES string of the molecule is Cc1ccc(S(=O)(=O)NC2CC2)cc1C(=O)NC1CCCCC1C(F)(F)F. The van der Waals surface area contributed by atoms with Crippen LogP contribution in [-0.2, 0) is 10.0 Å². The number of aryl methyl sites for hydroxylation is 1. The minimum absolute atomic E-state index is 0.00679. The van der Waals surface area contributed by atoms with E-state index in [0.717, 1.165) is 12.8 Å². The zero-order valence-electron chi connectivity index (χ0n) is 15.0.